The fourth-order valence-corrected chi connectivity index (χ4v) is 3.41. The van der Waals surface area contributed by atoms with Crippen LogP contribution in [0.15, 0.2) is 35.7 Å². The van der Waals surface area contributed by atoms with Crippen molar-refractivity contribution in [2.24, 2.45) is 0 Å². The SMILES string of the molecule is CCc1ccsc1CNC(CC)c1ccccc1OC. The Kier molecular flexibility index (Phi) is 5.62. The number of methoxy groups -OCH3 is 1. The lowest BCUT2D eigenvalue weighted by Gasteiger charge is -2.20. The van der Waals surface area contributed by atoms with Gasteiger partial charge in [0.25, 0.3) is 0 Å². The lowest BCUT2D eigenvalue weighted by molar-refractivity contribution is 0.396. The highest BCUT2D eigenvalue weighted by atomic mass is 32.1. The van der Waals surface area contributed by atoms with Crippen LogP contribution in [0, 0.1) is 0 Å². The molecule has 1 atom stereocenters. The Balaban J connectivity index is 2.09. The molecule has 0 aliphatic rings. The molecule has 0 saturated heterocycles. The number of thiophene rings is 1. The van der Waals surface area contributed by atoms with Crippen molar-refractivity contribution in [3.05, 3.63) is 51.7 Å². The van der Waals surface area contributed by atoms with Crippen molar-refractivity contribution >= 4 is 11.3 Å². The highest BCUT2D eigenvalue weighted by Gasteiger charge is 2.14. The lowest BCUT2D eigenvalue weighted by atomic mass is 10.0. The summed E-state index contributed by atoms with van der Waals surface area (Å²) in [5.74, 6) is 0.966. The normalized spacial score (nSPS) is 12.3. The van der Waals surface area contributed by atoms with E-state index < -0.39 is 0 Å². The molecule has 0 radical (unpaired) electrons. The Morgan fingerprint density at radius 1 is 1.20 bits per heavy atom. The van der Waals surface area contributed by atoms with Gasteiger partial charge in [-0.1, -0.05) is 32.0 Å². The maximum Gasteiger partial charge on any atom is 0.123 e. The third-order valence-electron chi connectivity index (χ3n) is 3.65. The zero-order valence-electron chi connectivity index (χ0n) is 12.5. The van der Waals surface area contributed by atoms with Crippen LogP contribution in [0.5, 0.6) is 5.75 Å². The van der Waals surface area contributed by atoms with Gasteiger partial charge in [-0.2, -0.15) is 0 Å². The first kappa shape index (κ1) is 15.1. The Labute approximate surface area is 125 Å². The van der Waals surface area contributed by atoms with Crippen LogP contribution in [0.1, 0.15) is 42.3 Å². The van der Waals surface area contributed by atoms with Crippen LogP contribution in [-0.4, -0.2) is 7.11 Å². The molecule has 0 aliphatic heterocycles. The number of hydrogen-bond acceptors (Lipinski definition) is 3. The first-order valence-electron chi connectivity index (χ1n) is 7.21. The van der Waals surface area contributed by atoms with E-state index in [9.17, 15) is 0 Å². The highest BCUT2D eigenvalue weighted by Crippen LogP contribution is 2.27. The molecule has 1 N–H and O–H groups in total. The molecule has 2 aromatic rings. The fraction of sp³-hybridized carbons (Fsp3) is 0.412. The van der Waals surface area contributed by atoms with Crippen LogP contribution in [0.2, 0.25) is 0 Å². The van der Waals surface area contributed by atoms with Crippen LogP contribution in [0.3, 0.4) is 0 Å². The van der Waals surface area contributed by atoms with Gasteiger partial charge in [-0.25, -0.2) is 0 Å². The van der Waals surface area contributed by atoms with E-state index in [4.69, 9.17) is 4.74 Å². The van der Waals surface area contributed by atoms with Gasteiger partial charge < -0.3 is 10.1 Å². The van der Waals surface area contributed by atoms with Crippen molar-refractivity contribution in [1.29, 1.82) is 0 Å². The van der Waals surface area contributed by atoms with Crippen LogP contribution in [-0.2, 0) is 13.0 Å². The first-order chi connectivity index (χ1) is 9.80. The summed E-state index contributed by atoms with van der Waals surface area (Å²) < 4.78 is 5.47. The van der Waals surface area contributed by atoms with E-state index in [-0.39, 0.29) is 0 Å². The molecule has 0 aliphatic carbocycles. The molecule has 0 spiro atoms. The molecule has 2 rings (SSSR count). The van der Waals surface area contributed by atoms with Crippen LogP contribution < -0.4 is 10.1 Å². The number of para-hydroxylation sites is 1. The first-order valence-corrected chi connectivity index (χ1v) is 8.09. The number of rotatable bonds is 7. The minimum atomic E-state index is 0.331. The molecule has 2 nitrogen and oxygen atoms in total. The summed E-state index contributed by atoms with van der Waals surface area (Å²) in [5, 5.41) is 5.85. The zero-order chi connectivity index (χ0) is 14.4. The van der Waals surface area contributed by atoms with Gasteiger partial charge in [-0.3, -0.25) is 0 Å². The van der Waals surface area contributed by atoms with Crippen molar-refractivity contribution in [1.82, 2.24) is 5.32 Å². The molecule has 0 amide bonds. The summed E-state index contributed by atoms with van der Waals surface area (Å²) in [6.45, 7) is 5.35. The smallest absolute Gasteiger partial charge is 0.123 e. The van der Waals surface area contributed by atoms with E-state index >= 15 is 0 Å². The second kappa shape index (κ2) is 7.46. The third kappa shape index (κ3) is 3.41. The number of hydrogen-bond donors (Lipinski definition) is 1. The van der Waals surface area contributed by atoms with Crippen LogP contribution in [0.4, 0.5) is 0 Å². The van der Waals surface area contributed by atoms with Gasteiger partial charge in [-0.05, 0) is 35.9 Å². The van der Waals surface area contributed by atoms with Gasteiger partial charge in [0.15, 0.2) is 0 Å². The molecule has 0 saturated carbocycles. The average molecular weight is 289 g/mol. The van der Waals surface area contributed by atoms with Crippen molar-refractivity contribution in [3.8, 4) is 5.75 Å². The van der Waals surface area contributed by atoms with Gasteiger partial charge in [0, 0.05) is 23.0 Å². The molecular formula is C17H23NOS. The maximum absolute atomic E-state index is 5.47. The molecule has 0 fully saturated rings. The monoisotopic (exact) mass is 289 g/mol. The molecule has 1 heterocycles. The average Bonchev–Trinajstić information content (AvgIpc) is 2.96. The second-order valence-corrected chi connectivity index (χ2v) is 5.81. The van der Waals surface area contributed by atoms with Crippen LogP contribution >= 0.6 is 11.3 Å². The van der Waals surface area contributed by atoms with Gasteiger partial charge in [0.05, 0.1) is 7.11 Å². The summed E-state index contributed by atoms with van der Waals surface area (Å²) in [6.07, 6.45) is 2.15. The Bertz CT molecular complexity index is 535. The predicted octanol–water partition coefficient (Wildman–Crippen LogP) is 4.56. The summed E-state index contributed by atoms with van der Waals surface area (Å²) in [5.41, 5.74) is 2.70. The van der Waals surface area contributed by atoms with Gasteiger partial charge in [-0.15, -0.1) is 11.3 Å². The number of benzene rings is 1. The summed E-state index contributed by atoms with van der Waals surface area (Å²) >= 11 is 1.84. The van der Waals surface area contributed by atoms with E-state index in [0.717, 1.165) is 25.1 Å². The molecule has 20 heavy (non-hydrogen) atoms. The zero-order valence-corrected chi connectivity index (χ0v) is 13.3. The Hall–Kier alpha value is -1.32. The predicted molar refractivity (Wildman–Crippen MR) is 86.6 cm³/mol. The largest absolute Gasteiger partial charge is 0.496 e. The topological polar surface area (TPSA) is 21.3 Å². The van der Waals surface area contributed by atoms with E-state index in [1.807, 2.05) is 23.5 Å². The number of aryl methyl sites for hydroxylation is 1. The van der Waals surface area contributed by atoms with Crippen molar-refractivity contribution in [2.45, 2.75) is 39.3 Å². The molecule has 1 unspecified atom stereocenters. The summed E-state index contributed by atoms with van der Waals surface area (Å²) in [4.78, 5) is 1.45. The van der Waals surface area contributed by atoms with Gasteiger partial charge in [0.2, 0.25) is 0 Å². The van der Waals surface area contributed by atoms with Crippen molar-refractivity contribution in [2.75, 3.05) is 7.11 Å². The molecule has 1 aromatic carbocycles. The summed E-state index contributed by atoms with van der Waals surface area (Å²) in [7, 11) is 1.74. The quantitative estimate of drug-likeness (QED) is 0.806. The van der Waals surface area contributed by atoms with Crippen molar-refractivity contribution < 1.29 is 4.74 Å². The Morgan fingerprint density at radius 3 is 2.70 bits per heavy atom. The lowest BCUT2D eigenvalue weighted by Crippen LogP contribution is -2.20. The van der Waals surface area contributed by atoms with E-state index in [1.54, 1.807) is 7.11 Å². The second-order valence-electron chi connectivity index (χ2n) is 4.81. The van der Waals surface area contributed by atoms with Crippen molar-refractivity contribution in [3.63, 3.8) is 0 Å². The summed E-state index contributed by atoms with van der Waals surface area (Å²) in [6, 6.07) is 10.8. The van der Waals surface area contributed by atoms with E-state index in [0.29, 0.717) is 6.04 Å². The number of ether oxygens (including phenoxy) is 1. The molecule has 0 bridgehead atoms. The minimum Gasteiger partial charge on any atom is -0.496 e. The van der Waals surface area contributed by atoms with Gasteiger partial charge >= 0.3 is 0 Å². The minimum absolute atomic E-state index is 0.331. The maximum atomic E-state index is 5.47. The third-order valence-corrected chi connectivity index (χ3v) is 4.61. The van der Waals surface area contributed by atoms with Gasteiger partial charge in [0.1, 0.15) is 5.75 Å². The molecule has 3 heteroatoms. The number of nitrogens with one attached hydrogen (secondary N) is 1. The van der Waals surface area contributed by atoms with E-state index in [2.05, 4.69) is 42.7 Å². The van der Waals surface area contributed by atoms with E-state index in [1.165, 1.54) is 16.0 Å². The fourth-order valence-electron chi connectivity index (χ4n) is 2.48. The molecular weight excluding hydrogens is 266 g/mol. The molecule has 108 valence electrons. The molecule has 1 aromatic heterocycles. The highest BCUT2D eigenvalue weighted by molar-refractivity contribution is 7.10. The Morgan fingerprint density at radius 2 is 2.00 bits per heavy atom. The van der Waals surface area contributed by atoms with Crippen LogP contribution in [0.25, 0.3) is 0 Å². The standard InChI is InChI=1S/C17H23NOS/c1-4-13-10-11-20-17(13)12-18-15(5-2)14-8-6-7-9-16(14)19-3/h6-11,15,18H,4-5,12H2,1-3H3.